The fourth-order valence-electron chi connectivity index (χ4n) is 0.882. The molecule has 0 spiro atoms. The monoisotopic (exact) mass is 162 g/mol. The van der Waals surface area contributed by atoms with Crippen LogP contribution < -0.4 is 11.0 Å². The first-order valence-electron chi connectivity index (χ1n) is 3.78. The molecule has 0 aromatic rings. The third kappa shape index (κ3) is 1.90. The Bertz CT molecular complexity index is 131. The minimum absolute atomic E-state index is 0.547. The molecule has 4 heteroatoms. The van der Waals surface area contributed by atoms with Gasteiger partial charge in [-0.15, -0.1) is 0 Å². The van der Waals surface area contributed by atoms with Crippen LogP contribution in [0.5, 0.6) is 0 Å². The molecule has 1 unspecified atom stereocenters. The summed E-state index contributed by atoms with van der Waals surface area (Å²) in [6.45, 7) is 6.99. The summed E-state index contributed by atoms with van der Waals surface area (Å²) in [5, 5.41) is 18.9. The Morgan fingerprint density at radius 3 is 1.82 bits per heavy atom. The van der Waals surface area contributed by atoms with Crippen LogP contribution in [0.25, 0.3) is 0 Å². The van der Waals surface area contributed by atoms with Crippen LogP contribution in [0.4, 0.5) is 0 Å². The zero-order chi connectivity index (χ0) is 9.28. The summed E-state index contributed by atoms with van der Waals surface area (Å²) in [7, 11) is 0. The van der Waals surface area contributed by atoms with Crippen molar-refractivity contribution in [2.24, 2.45) is 5.73 Å². The van der Waals surface area contributed by atoms with E-state index >= 15 is 0 Å². The smallest absolute Gasteiger partial charge is 0.141 e. The minimum Gasteiger partial charge on any atom is -0.600 e. The van der Waals surface area contributed by atoms with E-state index in [0.717, 1.165) is 0 Å². The van der Waals surface area contributed by atoms with E-state index in [1.54, 1.807) is 20.8 Å². The molecule has 0 heterocycles. The van der Waals surface area contributed by atoms with Crippen LogP contribution in [0, 0.1) is 5.21 Å². The predicted molar refractivity (Wildman–Crippen MR) is 43.1 cm³/mol. The molecule has 0 amide bonds. The highest BCUT2D eigenvalue weighted by Crippen LogP contribution is 2.18. The van der Waals surface area contributed by atoms with Crippen molar-refractivity contribution in [2.45, 2.75) is 45.2 Å². The molecular weight excluding hydrogens is 144 g/mol. The van der Waals surface area contributed by atoms with Gasteiger partial charge in [0.1, 0.15) is 5.54 Å². The lowest BCUT2D eigenvalue weighted by atomic mass is 9.80. The number of rotatable bonds is 3. The first-order chi connectivity index (χ1) is 4.75. The number of hydrogen-bond donors (Lipinski definition) is 3. The maximum Gasteiger partial charge on any atom is 0.141 e. The van der Waals surface area contributed by atoms with E-state index in [1.807, 2.05) is 6.92 Å². The van der Waals surface area contributed by atoms with E-state index in [-0.39, 0.29) is 0 Å². The molecule has 0 rings (SSSR count). The van der Waals surface area contributed by atoms with Crippen LogP contribution >= 0.6 is 0 Å². The van der Waals surface area contributed by atoms with Crippen molar-refractivity contribution in [3.63, 3.8) is 0 Å². The average molecular weight is 162 g/mol. The fourth-order valence-corrected chi connectivity index (χ4v) is 0.882. The second kappa shape index (κ2) is 3.06. The fraction of sp³-hybridized carbons (Fsp3) is 1.00. The van der Waals surface area contributed by atoms with Crippen LogP contribution in [-0.4, -0.2) is 16.3 Å². The number of hydroxylamine groups is 2. The summed E-state index contributed by atoms with van der Waals surface area (Å²) >= 11 is 0. The lowest BCUT2D eigenvalue weighted by Crippen LogP contribution is -3.17. The maximum atomic E-state index is 10.8. The Kier molecular flexibility index (Phi) is 3.02. The van der Waals surface area contributed by atoms with Gasteiger partial charge >= 0.3 is 0 Å². The van der Waals surface area contributed by atoms with Crippen LogP contribution in [0.15, 0.2) is 0 Å². The Morgan fingerprint density at radius 1 is 1.45 bits per heavy atom. The van der Waals surface area contributed by atoms with Gasteiger partial charge < -0.3 is 10.9 Å². The number of nitrogens with one attached hydrogen (secondary N) is 1. The van der Waals surface area contributed by atoms with Crippen molar-refractivity contribution < 1.29 is 10.4 Å². The van der Waals surface area contributed by atoms with Crippen molar-refractivity contribution in [2.75, 3.05) is 0 Å². The molecule has 0 radical (unpaired) electrons. The molecule has 0 aromatic carbocycles. The zero-order valence-corrected chi connectivity index (χ0v) is 7.64. The van der Waals surface area contributed by atoms with Gasteiger partial charge in [0.15, 0.2) is 0 Å². The molecule has 0 aliphatic rings. The van der Waals surface area contributed by atoms with Gasteiger partial charge in [-0.05, 0) is 20.8 Å². The maximum absolute atomic E-state index is 10.8. The van der Waals surface area contributed by atoms with E-state index < -0.39 is 16.3 Å². The molecular formula is C7H18N2O2. The van der Waals surface area contributed by atoms with Crippen LogP contribution in [-0.2, 0) is 0 Å². The topological polar surface area (TPSA) is 73.8 Å². The third-order valence-corrected chi connectivity index (χ3v) is 2.60. The Labute approximate surface area is 67.5 Å². The van der Waals surface area contributed by atoms with Gasteiger partial charge in [-0.25, -0.2) is 10.4 Å². The van der Waals surface area contributed by atoms with Crippen molar-refractivity contribution >= 4 is 0 Å². The Balaban J connectivity index is 4.61. The second-order valence-corrected chi connectivity index (χ2v) is 3.71. The molecule has 0 aliphatic carbocycles. The summed E-state index contributed by atoms with van der Waals surface area (Å²) < 4.78 is 0. The first-order valence-corrected chi connectivity index (χ1v) is 3.78. The highest BCUT2D eigenvalue weighted by Gasteiger charge is 2.42. The van der Waals surface area contributed by atoms with E-state index in [2.05, 4.69) is 0 Å². The molecule has 0 saturated carbocycles. The quantitative estimate of drug-likeness (QED) is 0.497. The highest BCUT2D eigenvalue weighted by atomic mass is 16.8. The van der Waals surface area contributed by atoms with Gasteiger partial charge in [-0.1, -0.05) is 6.92 Å². The standard InChI is InChI=1S/C7H18N2O2/c1-5-7(4,9(10)11)6(2,3)8/h9-10H,5,8H2,1-4H3/t7-/m0/s1. The number of nitrogens with two attached hydrogens (primary N) is 1. The SMILES string of the molecule is CC[C@](C)([NH+]([O-])O)C(C)(C)N. The van der Waals surface area contributed by atoms with Crippen molar-refractivity contribution in [1.82, 2.24) is 0 Å². The molecule has 0 aliphatic heterocycles. The molecule has 4 N–H and O–H groups in total. The van der Waals surface area contributed by atoms with Gasteiger partial charge in [0.05, 0.1) is 5.54 Å². The van der Waals surface area contributed by atoms with Gasteiger partial charge in [0.2, 0.25) is 0 Å². The van der Waals surface area contributed by atoms with E-state index in [1.165, 1.54) is 0 Å². The number of hydrogen-bond acceptors (Lipinski definition) is 3. The summed E-state index contributed by atoms with van der Waals surface area (Å²) in [6, 6.07) is 0. The van der Waals surface area contributed by atoms with Gasteiger partial charge in [0.25, 0.3) is 0 Å². The summed E-state index contributed by atoms with van der Waals surface area (Å²) in [5.74, 6) is 0. The highest BCUT2D eigenvalue weighted by molar-refractivity contribution is 4.92. The first kappa shape index (κ1) is 10.8. The largest absolute Gasteiger partial charge is 0.600 e. The van der Waals surface area contributed by atoms with Gasteiger partial charge in [-0.3, -0.25) is 0 Å². The van der Waals surface area contributed by atoms with E-state index in [4.69, 9.17) is 10.9 Å². The minimum atomic E-state index is -0.826. The van der Waals surface area contributed by atoms with Crippen LogP contribution in [0.1, 0.15) is 34.1 Å². The van der Waals surface area contributed by atoms with Crippen molar-refractivity contribution in [3.05, 3.63) is 5.21 Å². The van der Waals surface area contributed by atoms with E-state index in [9.17, 15) is 5.21 Å². The molecule has 68 valence electrons. The summed E-state index contributed by atoms with van der Waals surface area (Å²) in [5.41, 5.74) is 4.25. The lowest BCUT2D eigenvalue weighted by Gasteiger charge is -2.43. The predicted octanol–water partition coefficient (Wildman–Crippen LogP) is -0.336. The summed E-state index contributed by atoms with van der Waals surface area (Å²) in [4.78, 5) is 0. The number of quaternary nitrogens is 1. The van der Waals surface area contributed by atoms with Crippen LogP contribution in [0.2, 0.25) is 0 Å². The molecule has 0 fully saturated rings. The average Bonchev–Trinajstić information content (AvgIpc) is 1.83. The van der Waals surface area contributed by atoms with Gasteiger partial charge in [0, 0.05) is 6.42 Å². The lowest BCUT2D eigenvalue weighted by molar-refractivity contribution is -1.09. The van der Waals surface area contributed by atoms with Gasteiger partial charge in [-0.2, -0.15) is 0 Å². The molecule has 0 aromatic heterocycles. The van der Waals surface area contributed by atoms with E-state index in [0.29, 0.717) is 6.42 Å². The summed E-state index contributed by atoms with van der Waals surface area (Å²) in [6.07, 6.45) is 0.547. The van der Waals surface area contributed by atoms with Crippen molar-refractivity contribution in [3.8, 4) is 0 Å². The molecule has 2 atom stereocenters. The van der Waals surface area contributed by atoms with Crippen LogP contribution in [0.3, 0.4) is 0 Å². The zero-order valence-electron chi connectivity index (χ0n) is 7.64. The molecule has 11 heavy (non-hydrogen) atoms. The Hall–Kier alpha value is -0.160. The molecule has 4 nitrogen and oxygen atoms in total. The molecule has 0 saturated heterocycles. The normalized spacial score (nSPS) is 21.0. The van der Waals surface area contributed by atoms with Crippen molar-refractivity contribution in [1.29, 1.82) is 0 Å². The third-order valence-electron chi connectivity index (χ3n) is 2.60. The Morgan fingerprint density at radius 2 is 1.82 bits per heavy atom. The molecule has 0 bridgehead atoms. The second-order valence-electron chi connectivity index (χ2n) is 3.71.